The normalized spacial score (nSPS) is 18.7. The SMILES string of the molecule is CCC(C)CN(C)C(C)CC(C)N. The van der Waals surface area contributed by atoms with Gasteiger partial charge in [-0.2, -0.15) is 0 Å². The van der Waals surface area contributed by atoms with Gasteiger partial charge in [-0.3, -0.25) is 0 Å². The van der Waals surface area contributed by atoms with Crippen LogP contribution in [0.3, 0.4) is 0 Å². The van der Waals surface area contributed by atoms with Gasteiger partial charge in [0.15, 0.2) is 0 Å². The van der Waals surface area contributed by atoms with Gasteiger partial charge in [0.1, 0.15) is 0 Å². The molecule has 0 aliphatic heterocycles. The van der Waals surface area contributed by atoms with E-state index in [9.17, 15) is 0 Å². The molecule has 0 bridgehead atoms. The Hall–Kier alpha value is -0.0800. The molecule has 0 aliphatic rings. The molecule has 3 unspecified atom stereocenters. The minimum Gasteiger partial charge on any atom is -0.328 e. The van der Waals surface area contributed by atoms with Crippen LogP contribution >= 0.6 is 0 Å². The lowest BCUT2D eigenvalue weighted by Crippen LogP contribution is -2.36. The number of rotatable bonds is 6. The summed E-state index contributed by atoms with van der Waals surface area (Å²) in [5, 5.41) is 0. The lowest BCUT2D eigenvalue weighted by atomic mass is 10.1. The molecule has 0 aliphatic carbocycles. The predicted octanol–water partition coefficient (Wildman–Crippen LogP) is 2.09. The summed E-state index contributed by atoms with van der Waals surface area (Å²) in [4.78, 5) is 2.41. The number of nitrogens with two attached hydrogens (primary N) is 1. The first-order valence-corrected chi connectivity index (χ1v) is 5.43. The van der Waals surface area contributed by atoms with E-state index in [1.807, 2.05) is 0 Å². The van der Waals surface area contributed by atoms with Crippen molar-refractivity contribution >= 4 is 0 Å². The zero-order chi connectivity index (χ0) is 10.4. The predicted molar refractivity (Wildman–Crippen MR) is 59.8 cm³/mol. The van der Waals surface area contributed by atoms with Gasteiger partial charge in [0.25, 0.3) is 0 Å². The Labute approximate surface area is 83.5 Å². The van der Waals surface area contributed by atoms with Crippen molar-refractivity contribution in [3.8, 4) is 0 Å². The maximum absolute atomic E-state index is 5.77. The standard InChI is InChI=1S/C11H26N2/c1-6-9(2)8-13(5)11(4)7-10(3)12/h9-11H,6-8,12H2,1-5H3. The highest BCUT2D eigenvalue weighted by Crippen LogP contribution is 2.08. The summed E-state index contributed by atoms with van der Waals surface area (Å²) in [6.07, 6.45) is 2.35. The molecular weight excluding hydrogens is 160 g/mol. The lowest BCUT2D eigenvalue weighted by molar-refractivity contribution is 0.207. The van der Waals surface area contributed by atoms with Crippen LogP contribution in [0.2, 0.25) is 0 Å². The largest absolute Gasteiger partial charge is 0.328 e. The molecule has 0 heterocycles. The molecular formula is C11H26N2. The summed E-state index contributed by atoms with van der Waals surface area (Å²) >= 11 is 0. The lowest BCUT2D eigenvalue weighted by Gasteiger charge is -2.28. The fraction of sp³-hybridized carbons (Fsp3) is 1.00. The van der Waals surface area contributed by atoms with Crippen molar-refractivity contribution in [2.75, 3.05) is 13.6 Å². The van der Waals surface area contributed by atoms with Crippen LogP contribution in [0.1, 0.15) is 40.5 Å². The molecule has 80 valence electrons. The molecule has 2 N–H and O–H groups in total. The minimum atomic E-state index is 0.314. The van der Waals surface area contributed by atoms with Crippen LogP contribution < -0.4 is 5.73 Å². The number of hydrogen-bond donors (Lipinski definition) is 1. The van der Waals surface area contributed by atoms with E-state index in [0.717, 1.165) is 12.3 Å². The fourth-order valence-electron chi connectivity index (χ4n) is 1.52. The topological polar surface area (TPSA) is 29.3 Å². The molecule has 0 radical (unpaired) electrons. The number of hydrogen-bond acceptors (Lipinski definition) is 2. The van der Waals surface area contributed by atoms with Crippen LogP contribution in [0.5, 0.6) is 0 Å². The van der Waals surface area contributed by atoms with Gasteiger partial charge in [-0.05, 0) is 33.2 Å². The van der Waals surface area contributed by atoms with Crippen LogP contribution in [-0.4, -0.2) is 30.6 Å². The van der Waals surface area contributed by atoms with Crippen LogP contribution in [0.4, 0.5) is 0 Å². The first-order valence-electron chi connectivity index (χ1n) is 5.43. The summed E-state index contributed by atoms with van der Waals surface area (Å²) in [5.41, 5.74) is 5.77. The van der Waals surface area contributed by atoms with Crippen molar-refractivity contribution in [2.24, 2.45) is 11.7 Å². The molecule has 0 amide bonds. The molecule has 0 aromatic carbocycles. The van der Waals surface area contributed by atoms with Gasteiger partial charge in [-0.25, -0.2) is 0 Å². The van der Waals surface area contributed by atoms with Crippen molar-refractivity contribution in [1.29, 1.82) is 0 Å². The van der Waals surface area contributed by atoms with Crippen molar-refractivity contribution < 1.29 is 0 Å². The molecule has 0 saturated carbocycles. The third-order valence-electron chi connectivity index (χ3n) is 2.76. The molecule has 0 aromatic heterocycles. The molecule has 2 heteroatoms. The summed E-state index contributed by atoms with van der Waals surface area (Å²) in [5.74, 6) is 0.792. The van der Waals surface area contributed by atoms with Crippen molar-refractivity contribution in [1.82, 2.24) is 4.90 Å². The quantitative estimate of drug-likeness (QED) is 0.688. The van der Waals surface area contributed by atoms with Gasteiger partial charge >= 0.3 is 0 Å². The van der Waals surface area contributed by atoms with E-state index < -0.39 is 0 Å². The Kier molecular flexibility index (Phi) is 6.35. The van der Waals surface area contributed by atoms with Crippen molar-refractivity contribution in [2.45, 2.75) is 52.6 Å². The van der Waals surface area contributed by atoms with Gasteiger partial charge in [0.2, 0.25) is 0 Å². The van der Waals surface area contributed by atoms with Crippen LogP contribution in [0.15, 0.2) is 0 Å². The second-order valence-corrected chi connectivity index (χ2v) is 4.52. The van der Waals surface area contributed by atoms with E-state index in [2.05, 4.69) is 39.6 Å². The van der Waals surface area contributed by atoms with Crippen molar-refractivity contribution in [3.05, 3.63) is 0 Å². The molecule has 2 nitrogen and oxygen atoms in total. The Morgan fingerprint density at radius 3 is 2.15 bits per heavy atom. The highest BCUT2D eigenvalue weighted by molar-refractivity contribution is 4.69. The van der Waals surface area contributed by atoms with Crippen molar-refractivity contribution in [3.63, 3.8) is 0 Å². The first-order chi connectivity index (χ1) is 5.97. The molecule has 3 atom stereocenters. The van der Waals surface area contributed by atoms with Gasteiger partial charge in [0, 0.05) is 18.6 Å². The Balaban J connectivity index is 3.74. The third-order valence-corrected chi connectivity index (χ3v) is 2.76. The molecule has 0 aromatic rings. The Morgan fingerprint density at radius 1 is 1.23 bits per heavy atom. The molecule has 0 rings (SSSR count). The van der Waals surface area contributed by atoms with E-state index in [4.69, 9.17) is 5.73 Å². The van der Waals surface area contributed by atoms with Gasteiger partial charge < -0.3 is 10.6 Å². The minimum absolute atomic E-state index is 0.314. The summed E-state index contributed by atoms with van der Waals surface area (Å²) in [7, 11) is 2.19. The second kappa shape index (κ2) is 6.39. The van der Waals surface area contributed by atoms with Gasteiger partial charge in [-0.1, -0.05) is 20.3 Å². The molecule has 13 heavy (non-hydrogen) atoms. The van der Waals surface area contributed by atoms with Crippen LogP contribution in [-0.2, 0) is 0 Å². The van der Waals surface area contributed by atoms with E-state index in [-0.39, 0.29) is 0 Å². The molecule has 0 fully saturated rings. The van der Waals surface area contributed by atoms with E-state index in [0.29, 0.717) is 12.1 Å². The van der Waals surface area contributed by atoms with Crippen LogP contribution in [0, 0.1) is 5.92 Å². The first kappa shape index (κ1) is 12.9. The Morgan fingerprint density at radius 2 is 1.77 bits per heavy atom. The Bertz CT molecular complexity index is 123. The van der Waals surface area contributed by atoms with E-state index in [1.54, 1.807) is 0 Å². The third kappa shape index (κ3) is 6.05. The molecule has 0 spiro atoms. The molecule has 0 saturated heterocycles. The zero-order valence-corrected chi connectivity index (χ0v) is 9.88. The maximum Gasteiger partial charge on any atom is 0.00786 e. The monoisotopic (exact) mass is 186 g/mol. The van der Waals surface area contributed by atoms with Crippen LogP contribution in [0.25, 0.3) is 0 Å². The van der Waals surface area contributed by atoms with E-state index >= 15 is 0 Å². The zero-order valence-electron chi connectivity index (χ0n) is 9.88. The van der Waals surface area contributed by atoms with E-state index in [1.165, 1.54) is 13.0 Å². The summed E-state index contributed by atoms with van der Waals surface area (Å²) < 4.78 is 0. The fourth-order valence-corrected chi connectivity index (χ4v) is 1.52. The average molecular weight is 186 g/mol. The number of nitrogens with zero attached hydrogens (tertiary/aromatic N) is 1. The smallest absolute Gasteiger partial charge is 0.00786 e. The summed E-state index contributed by atoms with van der Waals surface area (Å²) in [6.45, 7) is 10.1. The second-order valence-electron chi connectivity index (χ2n) is 4.52. The maximum atomic E-state index is 5.77. The highest BCUT2D eigenvalue weighted by atomic mass is 15.1. The van der Waals surface area contributed by atoms with Gasteiger partial charge in [-0.15, -0.1) is 0 Å². The summed E-state index contributed by atoms with van der Waals surface area (Å²) in [6, 6.07) is 0.920. The highest BCUT2D eigenvalue weighted by Gasteiger charge is 2.12. The average Bonchev–Trinajstić information content (AvgIpc) is 2.02. The van der Waals surface area contributed by atoms with Gasteiger partial charge in [0.05, 0.1) is 0 Å².